The van der Waals surface area contributed by atoms with E-state index in [0.29, 0.717) is 6.04 Å². The van der Waals surface area contributed by atoms with E-state index in [2.05, 4.69) is 48.9 Å². The second-order valence-corrected chi connectivity index (χ2v) is 5.98. The van der Waals surface area contributed by atoms with Gasteiger partial charge in [-0.25, -0.2) is 4.98 Å². The molecule has 0 radical (unpaired) electrons. The molecule has 22 heavy (non-hydrogen) atoms. The molecule has 5 heteroatoms. The molecule has 0 amide bonds. The van der Waals surface area contributed by atoms with E-state index in [1.54, 1.807) is 0 Å². The molecule has 0 unspecified atom stereocenters. The molecule has 4 heterocycles. The SMILES string of the molecule is c1ccc(N2CCN(C3CN(c4ccncc4)C3)CC2)nc1. The average Bonchev–Trinajstić information content (AvgIpc) is 2.56. The third-order valence-electron chi connectivity index (χ3n) is 4.69. The van der Waals surface area contributed by atoms with Gasteiger partial charge in [0.2, 0.25) is 0 Å². The molecule has 0 atom stereocenters. The lowest BCUT2D eigenvalue weighted by molar-refractivity contribution is 0.157. The highest BCUT2D eigenvalue weighted by Gasteiger charge is 2.33. The number of pyridine rings is 2. The Bertz CT molecular complexity index is 589. The van der Waals surface area contributed by atoms with Crippen molar-refractivity contribution in [2.45, 2.75) is 6.04 Å². The van der Waals surface area contributed by atoms with Crippen LogP contribution in [0.2, 0.25) is 0 Å². The third-order valence-corrected chi connectivity index (χ3v) is 4.69. The van der Waals surface area contributed by atoms with Gasteiger partial charge in [-0.05, 0) is 24.3 Å². The summed E-state index contributed by atoms with van der Waals surface area (Å²) in [4.78, 5) is 16.0. The van der Waals surface area contributed by atoms with Crippen molar-refractivity contribution in [1.29, 1.82) is 0 Å². The van der Waals surface area contributed by atoms with Crippen molar-refractivity contribution < 1.29 is 0 Å². The van der Waals surface area contributed by atoms with Gasteiger partial charge in [-0.15, -0.1) is 0 Å². The van der Waals surface area contributed by atoms with E-state index in [4.69, 9.17) is 0 Å². The van der Waals surface area contributed by atoms with Crippen LogP contribution in [0.3, 0.4) is 0 Å². The number of nitrogens with zero attached hydrogens (tertiary/aromatic N) is 5. The van der Waals surface area contributed by atoms with Gasteiger partial charge in [0, 0.05) is 69.6 Å². The Morgan fingerprint density at radius 2 is 1.59 bits per heavy atom. The molecule has 114 valence electrons. The predicted octanol–water partition coefficient (Wildman–Crippen LogP) is 1.49. The van der Waals surface area contributed by atoms with Crippen molar-refractivity contribution in [3.8, 4) is 0 Å². The number of rotatable bonds is 3. The lowest BCUT2D eigenvalue weighted by Gasteiger charge is -2.49. The fourth-order valence-corrected chi connectivity index (χ4v) is 3.31. The average molecular weight is 295 g/mol. The van der Waals surface area contributed by atoms with Gasteiger partial charge in [0.15, 0.2) is 0 Å². The Balaban J connectivity index is 1.29. The molecule has 2 saturated heterocycles. The lowest BCUT2D eigenvalue weighted by Crippen LogP contribution is -2.63. The Kier molecular flexibility index (Phi) is 3.64. The molecule has 0 aromatic carbocycles. The van der Waals surface area contributed by atoms with Crippen LogP contribution in [0.15, 0.2) is 48.9 Å². The number of aromatic nitrogens is 2. The van der Waals surface area contributed by atoms with E-state index in [1.807, 2.05) is 24.7 Å². The maximum Gasteiger partial charge on any atom is 0.128 e. The maximum absolute atomic E-state index is 4.45. The Labute approximate surface area is 131 Å². The second-order valence-electron chi connectivity index (χ2n) is 5.98. The highest BCUT2D eigenvalue weighted by molar-refractivity contribution is 5.48. The van der Waals surface area contributed by atoms with E-state index in [-0.39, 0.29) is 0 Å². The zero-order valence-electron chi connectivity index (χ0n) is 12.7. The van der Waals surface area contributed by atoms with Crippen LogP contribution in [-0.2, 0) is 0 Å². The molecule has 0 aliphatic carbocycles. The second kappa shape index (κ2) is 5.93. The topological polar surface area (TPSA) is 35.5 Å². The minimum absolute atomic E-state index is 0.694. The number of anilines is 2. The summed E-state index contributed by atoms with van der Waals surface area (Å²) in [6, 6.07) is 11.0. The number of hydrogen-bond acceptors (Lipinski definition) is 5. The largest absolute Gasteiger partial charge is 0.368 e. The third kappa shape index (κ3) is 2.64. The molecule has 0 bridgehead atoms. The van der Waals surface area contributed by atoms with Crippen molar-refractivity contribution in [2.75, 3.05) is 49.1 Å². The van der Waals surface area contributed by atoms with Gasteiger partial charge in [0.25, 0.3) is 0 Å². The molecular formula is C17H21N5. The van der Waals surface area contributed by atoms with Gasteiger partial charge >= 0.3 is 0 Å². The quantitative estimate of drug-likeness (QED) is 0.857. The minimum atomic E-state index is 0.694. The smallest absolute Gasteiger partial charge is 0.128 e. The highest BCUT2D eigenvalue weighted by atomic mass is 15.4. The van der Waals surface area contributed by atoms with Gasteiger partial charge in [-0.2, -0.15) is 0 Å². The summed E-state index contributed by atoms with van der Waals surface area (Å²) in [5.74, 6) is 1.11. The van der Waals surface area contributed by atoms with Gasteiger partial charge in [-0.1, -0.05) is 6.07 Å². The summed E-state index contributed by atoms with van der Waals surface area (Å²) in [5.41, 5.74) is 1.29. The minimum Gasteiger partial charge on any atom is -0.368 e. The Morgan fingerprint density at radius 1 is 0.818 bits per heavy atom. The summed E-state index contributed by atoms with van der Waals surface area (Å²) >= 11 is 0. The zero-order chi connectivity index (χ0) is 14.8. The summed E-state index contributed by atoms with van der Waals surface area (Å²) in [6.45, 7) is 6.67. The van der Waals surface area contributed by atoms with Gasteiger partial charge in [0.1, 0.15) is 5.82 Å². The summed E-state index contributed by atoms with van der Waals surface area (Å²) in [6.07, 6.45) is 5.61. The van der Waals surface area contributed by atoms with Gasteiger partial charge in [0.05, 0.1) is 0 Å². The first-order valence-electron chi connectivity index (χ1n) is 7.95. The van der Waals surface area contributed by atoms with Crippen molar-refractivity contribution >= 4 is 11.5 Å². The monoisotopic (exact) mass is 295 g/mol. The van der Waals surface area contributed by atoms with Crippen molar-refractivity contribution in [2.24, 2.45) is 0 Å². The van der Waals surface area contributed by atoms with Crippen molar-refractivity contribution in [3.63, 3.8) is 0 Å². The molecule has 2 aliphatic heterocycles. The molecule has 0 N–H and O–H groups in total. The molecule has 4 rings (SSSR count). The van der Waals surface area contributed by atoms with Crippen LogP contribution in [0, 0.1) is 0 Å². The van der Waals surface area contributed by atoms with Crippen molar-refractivity contribution in [1.82, 2.24) is 14.9 Å². The first-order valence-corrected chi connectivity index (χ1v) is 7.95. The number of hydrogen-bond donors (Lipinski definition) is 0. The van der Waals surface area contributed by atoms with Gasteiger partial charge in [-0.3, -0.25) is 9.88 Å². The van der Waals surface area contributed by atoms with E-state index in [0.717, 1.165) is 45.1 Å². The van der Waals surface area contributed by atoms with Crippen LogP contribution < -0.4 is 9.80 Å². The van der Waals surface area contributed by atoms with E-state index in [1.165, 1.54) is 5.69 Å². The fourth-order valence-electron chi connectivity index (χ4n) is 3.31. The molecule has 2 aliphatic rings. The summed E-state index contributed by atoms with van der Waals surface area (Å²) in [5, 5.41) is 0. The molecule has 2 aromatic heterocycles. The summed E-state index contributed by atoms with van der Waals surface area (Å²) < 4.78 is 0. The molecule has 0 spiro atoms. The van der Waals surface area contributed by atoms with Crippen LogP contribution in [0.1, 0.15) is 0 Å². The van der Waals surface area contributed by atoms with E-state index < -0.39 is 0 Å². The first-order chi connectivity index (χ1) is 10.9. The Hall–Kier alpha value is -2.14. The highest BCUT2D eigenvalue weighted by Crippen LogP contribution is 2.24. The predicted molar refractivity (Wildman–Crippen MR) is 88.3 cm³/mol. The summed E-state index contributed by atoms with van der Waals surface area (Å²) in [7, 11) is 0. The van der Waals surface area contributed by atoms with Crippen LogP contribution in [0.5, 0.6) is 0 Å². The first kappa shape index (κ1) is 13.5. The van der Waals surface area contributed by atoms with Crippen LogP contribution in [0.4, 0.5) is 11.5 Å². The maximum atomic E-state index is 4.45. The lowest BCUT2D eigenvalue weighted by atomic mass is 10.0. The molecular weight excluding hydrogens is 274 g/mol. The van der Waals surface area contributed by atoms with E-state index in [9.17, 15) is 0 Å². The number of piperazine rings is 1. The molecule has 2 aromatic rings. The standard InChI is InChI=1S/C17H21N5/c1-2-6-19-17(3-1)21-11-9-20(10-12-21)16-13-22(14-16)15-4-7-18-8-5-15/h1-8,16H,9-14H2. The van der Waals surface area contributed by atoms with Gasteiger partial charge < -0.3 is 9.80 Å². The Morgan fingerprint density at radius 3 is 2.27 bits per heavy atom. The molecule has 2 fully saturated rings. The fraction of sp³-hybridized carbons (Fsp3) is 0.412. The van der Waals surface area contributed by atoms with E-state index >= 15 is 0 Å². The molecule has 5 nitrogen and oxygen atoms in total. The normalized spacial score (nSPS) is 20.0. The molecule has 0 saturated carbocycles. The van der Waals surface area contributed by atoms with Crippen molar-refractivity contribution in [3.05, 3.63) is 48.9 Å². The van der Waals surface area contributed by atoms with Crippen LogP contribution in [0.25, 0.3) is 0 Å². The van der Waals surface area contributed by atoms with Crippen LogP contribution in [-0.4, -0.2) is 60.2 Å². The van der Waals surface area contributed by atoms with Crippen LogP contribution >= 0.6 is 0 Å². The zero-order valence-corrected chi connectivity index (χ0v) is 12.7.